The van der Waals surface area contributed by atoms with E-state index in [0.29, 0.717) is 6.42 Å². The molecule has 2 bridgehead atoms. The van der Waals surface area contributed by atoms with Gasteiger partial charge in [-0.1, -0.05) is 0 Å². The predicted octanol–water partition coefficient (Wildman–Crippen LogP) is 0.686. The molecule has 2 saturated carbocycles. The first-order chi connectivity index (χ1) is 5.20. The average molecular weight is 154 g/mol. The summed E-state index contributed by atoms with van der Waals surface area (Å²) in [7, 11) is 0. The van der Waals surface area contributed by atoms with Gasteiger partial charge in [0, 0.05) is 12.3 Å². The van der Waals surface area contributed by atoms with Gasteiger partial charge in [0.25, 0.3) is 0 Å². The fourth-order valence-electron chi connectivity index (χ4n) is 2.46. The lowest BCUT2D eigenvalue weighted by Crippen LogP contribution is -2.19. The van der Waals surface area contributed by atoms with E-state index in [-0.39, 0.29) is 23.5 Å². The standard InChI is InChI=1S/C8H10O3/c9-6-3-4-1-2-5(6)7(4)8(10)11/h4-5,7H,1-3H2,(H,10,11)/t4-,5?,7+/m0/s1. The molecule has 0 aromatic rings. The molecule has 0 spiro atoms. The Morgan fingerprint density at radius 3 is 2.45 bits per heavy atom. The maximum Gasteiger partial charge on any atom is 0.307 e. The van der Waals surface area contributed by atoms with E-state index in [1.165, 1.54) is 0 Å². The number of Topliss-reactive ketones (excluding diaryl/α,β-unsaturated/α-hetero) is 1. The zero-order chi connectivity index (χ0) is 8.01. The molecule has 0 saturated heterocycles. The van der Waals surface area contributed by atoms with Crippen molar-refractivity contribution in [2.24, 2.45) is 17.8 Å². The third-order valence-corrected chi connectivity index (χ3v) is 2.95. The minimum atomic E-state index is -0.775. The minimum absolute atomic E-state index is 0.141. The van der Waals surface area contributed by atoms with Crippen molar-refractivity contribution < 1.29 is 14.7 Å². The topological polar surface area (TPSA) is 54.4 Å². The van der Waals surface area contributed by atoms with Gasteiger partial charge in [-0.25, -0.2) is 0 Å². The Balaban J connectivity index is 2.25. The van der Waals surface area contributed by atoms with Gasteiger partial charge in [0.15, 0.2) is 0 Å². The maximum atomic E-state index is 11.1. The summed E-state index contributed by atoms with van der Waals surface area (Å²) in [6, 6.07) is 0. The Hall–Kier alpha value is -0.860. The van der Waals surface area contributed by atoms with Crippen LogP contribution >= 0.6 is 0 Å². The first-order valence-corrected chi connectivity index (χ1v) is 3.95. The van der Waals surface area contributed by atoms with Gasteiger partial charge >= 0.3 is 5.97 Å². The van der Waals surface area contributed by atoms with Gasteiger partial charge in [-0.3, -0.25) is 9.59 Å². The summed E-state index contributed by atoms with van der Waals surface area (Å²) in [5, 5.41) is 8.76. The Morgan fingerprint density at radius 1 is 1.45 bits per heavy atom. The van der Waals surface area contributed by atoms with Crippen molar-refractivity contribution in [1.29, 1.82) is 0 Å². The molecule has 3 heteroatoms. The molecule has 3 atom stereocenters. The van der Waals surface area contributed by atoms with E-state index in [0.717, 1.165) is 12.8 Å². The molecule has 0 amide bonds. The van der Waals surface area contributed by atoms with Gasteiger partial charge in [0.2, 0.25) is 0 Å². The van der Waals surface area contributed by atoms with E-state index in [4.69, 9.17) is 5.11 Å². The molecule has 0 aromatic heterocycles. The number of carbonyl (C=O) groups is 2. The minimum Gasteiger partial charge on any atom is -0.481 e. The smallest absolute Gasteiger partial charge is 0.307 e. The number of rotatable bonds is 1. The van der Waals surface area contributed by atoms with Crippen LogP contribution in [-0.2, 0) is 9.59 Å². The highest BCUT2D eigenvalue weighted by Crippen LogP contribution is 2.47. The number of carboxylic acid groups (broad SMARTS) is 1. The highest BCUT2D eigenvalue weighted by molar-refractivity contribution is 5.91. The van der Waals surface area contributed by atoms with Crippen LogP contribution in [0.1, 0.15) is 19.3 Å². The maximum absolute atomic E-state index is 11.1. The first-order valence-electron chi connectivity index (χ1n) is 3.95. The Morgan fingerprint density at radius 2 is 2.18 bits per heavy atom. The number of aliphatic carboxylic acids is 1. The fraction of sp³-hybridized carbons (Fsp3) is 0.750. The molecule has 2 fully saturated rings. The normalized spacial score (nSPS) is 41.5. The van der Waals surface area contributed by atoms with E-state index in [1.54, 1.807) is 0 Å². The average Bonchev–Trinajstić information content (AvgIpc) is 2.41. The Bertz CT molecular complexity index is 221. The van der Waals surface area contributed by atoms with E-state index >= 15 is 0 Å². The SMILES string of the molecule is O=C1C[C@@H]2CCC1[C@@H]2C(=O)O. The molecular formula is C8H10O3. The summed E-state index contributed by atoms with van der Waals surface area (Å²) >= 11 is 0. The molecule has 2 aliphatic rings. The van der Waals surface area contributed by atoms with Crippen LogP contribution in [0.25, 0.3) is 0 Å². The predicted molar refractivity (Wildman–Crippen MR) is 37.0 cm³/mol. The monoisotopic (exact) mass is 154 g/mol. The van der Waals surface area contributed by atoms with Crippen molar-refractivity contribution >= 4 is 11.8 Å². The molecule has 1 unspecified atom stereocenters. The number of hydrogen-bond donors (Lipinski definition) is 1. The number of fused-ring (bicyclic) bond motifs is 2. The van der Waals surface area contributed by atoms with Crippen LogP contribution < -0.4 is 0 Å². The number of hydrogen-bond acceptors (Lipinski definition) is 2. The van der Waals surface area contributed by atoms with Crippen molar-refractivity contribution in [3.05, 3.63) is 0 Å². The molecule has 2 aliphatic carbocycles. The highest BCUT2D eigenvalue weighted by atomic mass is 16.4. The lowest BCUT2D eigenvalue weighted by Gasteiger charge is -2.05. The third kappa shape index (κ3) is 0.800. The molecule has 2 rings (SSSR count). The number of carboxylic acids is 1. The van der Waals surface area contributed by atoms with Crippen LogP contribution in [0.5, 0.6) is 0 Å². The fourth-order valence-corrected chi connectivity index (χ4v) is 2.46. The van der Waals surface area contributed by atoms with Gasteiger partial charge in [-0.05, 0) is 18.8 Å². The van der Waals surface area contributed by atoms with E-state index < -0.39 is 5.97 Å². The summed E-state index contributed by atoms with van der Waals surface area (Å²) in [6.07, 6.45) is 2.26. The first kappa shape index (κ1) is 6.83. The van der Waals surface area contributed by atoms with Gasteiger partial charge in [-0.15, -0.1) is 0 Å². The summed E-state index contributed by atoms with van der Waals surface area (Å²) in [5.74, 6) is -0.929. The van der Waals surface area contributed by atoms with Gasteiger partial charge in [0.05, 0.1) is 5.92 Å². The lowest BCUT2D eigenvalue weighted by atomic mass is 9.98. The summed E-state index contributed by atoms with van der Waals surface area (Å²) in [4.78, 5) is 21.7. The van der Waals surface area contributed by atoms with Crippen LogP contribution in [0.2, 0.25) is 0 Å². The summed E-state index contributed by atoms with van der Waals surface area (Å²) in [6.45, 7) is 0. The van der Waals surface area contributed by atoms with E-state index in [1.807, 2.05) is 0 Å². The van der Waals surface area contributed by atoms with E-state index in [2.05, 4.69) is 0 Å². The van der Waals surface area contributed by atoms with Gasteiger partial charge in [-0.2, -0.15) is 0 Å². The van der Waals surface area contributed by atoms with Crippen LogP contribution in [-0.4, -0.2) is 16.9 Å². The zero-order valence-electron chi connectivity index (χ0n) is 6.12. The molecular weight excluding hydrogens is 144 g/mol. The van der Waals surface area contributed by atoms with Crippen molar-refractivity contribution in [3.8, 4) is 0 Å². The van der Waals surface area contributed by atoms with Crippen LogP contribution in [0.15, 0.2) is 0 Å². The second-order valence-electron chi connectivity index (χ2n) is 3.48. The molecule has 0 aliphatic heterocycles. The van der Waals surface area contributed by atoms with E-state index in [9.17, 15) is 9.59 Å². The van der Waals surface area contributed by atoms with Crippen molar-refractivity contribution in [2.75, 3.05) is 0 Å². The molecule has 0 heterocycles. The van der Waals surface area contributed by atoms with Gasteiger partial charge < -0.3 is 5.11 Å². The second kappa shape index (κ2) is 2.06. The molecule has 0 aromatic carbocycles. The quantitative estimate of drug-likeness (QED) is 0.604. The summed E-state index contributed by atoms with van der Waals surface area (Å²) < 4.78 is 0. The number of ketones is 1. The van der Waals surface area contributed by atoms with Crippen molar-refractivity contribution in [1.82, 2.24) is 0 Å². The summed E-state index contributed by atoms with van der Waals surface area (Å²) in [5.41, 5.74) is 0. The van der Waals surface area contributed by atoms with Gasteiger partial charge in [0.1, 0.15) is 5.78 Å². The third-order valence-electron chi connectivity index (χ3n) is 2.95. The second-order valence-corrected chi connectivity index (χ2v) is 3.48. The molecule has 60 valence electrons. The van der Waals surface area contributed by atoms with Crippen LogP contribution in [0.3, 0.4) is 0 Å². The highest BCUT2D eigenvalue weighted by Gasteiger charge is 2.50. The zero-order valence-corrected chi connectivity index (χ0v) is 6.12. The van der Waals surface area contributed by atoms with Crippen LogP contribution in [0, 0.1) is 17.8 Å². The lowest BCUT2D eigenvalue weighted by molar-refractivity contribution is -0.144. The molecule has 11 heavy (non-hydrogen) atoms. The van der Waals surface area contributed by atoms with Crippen molar-refractivity contribution in [3.63, 3.8) is 0 Å². The Kier molecular flexibility index (Phi) is 1.28. The molecule has 3 nitrogen and oxygen atoms in total. The van der Waals surface area contributed by atoms with Crippen molar-refractivity contribution in [2.45, 2.75) is 19.3 Å². The molecule has 1 N–H and O–H groups in total. The largest absolute Gasteiger partial charge is 0.481 e. The Labute approximate surface area is 64.4 Å². The van der Waals surface area contributed by atoms with Crippen LogP contribution in [0.4, 0.5) is 0 Å². The number of carbonyl (C=O) groups excluding carboxylic acids is 1. The molecule has 0 radical (unpaired) electrons.